The van der Waals surface area contributed by atoms with E-state index in [1.807, 2.05) is 30.3 Å². The number of alkyl halides is 2. The molecule has 0 spiro atoms. The van der Waals surface area contributed by atoms with Gasteiger partial charge in [0.25, 0.3) is 0 Å². The van der Waals surface area contributed by atoms with Crippen LogP contribution in [0.2, 0.25) is 0 Å². The summed E-state index contributed by atoms with van der Waals surface area (Å²) in [5.74, 6) is 5.34. The first kappa shape index (κ1) is 13.7. The van der Waals surface area contributed by atoms with Gasteiger partial charge in [-0.05, 0) is 12.1 Å². The van der Waals surface area contributed by atoms with Gasteiger partial charge in [-0.15, -0.1) is 0 Å². The molecule has 0 atom stereocenters. The first-order valence-electron chi connectivity index (χ1n) is 5.39. The van der Waals surface area contributed by atoms with E-state index in [1.54, 1.807) is 0 Å². The van der Waals surface area contributed by atoms with E-state index >= 15 is 0 Å². The third-order valence-electron chi connectivity index (χ3n) is 2.21. The van der Waals surface area contributed by atoms with Crippen molar-refractivity contribution >= 4 is 0 Å². The first-order valence-corrected chi connectivity index (χ1v) is 5.39. The van der Waals surface area contributed by atoms with Gasteiger partial charge in [-0.1, -0.05) is 50.8 Å². The fourth-order valence-electron chi connectivity index (χ4n) is 1.00. The quantitative estimate of drug-likeness (QED) is 0.714. The third-order valence-corrected chi connectivity index (χ3v) is 2.21. The summed E-state index contributed by atoms with van der Waals surface area (Å²) in [6.07, 6.45) is -3.17. The highest BCUT2D eigenvalue weighted by molar-refractivity contribution is 5.33. The van der Waals surface area contributed by atoms with Crippen molar-refractivity contribution in [2.75, 3.05) is 6.61 Å². The highest BCUT2D eigenvalue weighted by Crippen LogP contribution is 2.36. The second-order valence-electron chi connectivity index (χ2n) is 4.72. The van der Waals surface area contributed by atoms with Crippen LogP contribution in [-0.2, 0) is 4.74 Å². The second-order valence-corrected chi connectivity index (χ2v) is 4.72. The Labute approximate surface area is 101 Å². The molecule has 0 heterocycles. The minimum absolute atomic E-state index is 0.279. The standard InChI is InChI=1S/C14H16F2O/c1-13(2,3)14(15,16)17-11-7-10-12-8-5-4-6-9-12/h4-6,8-9H,11H2,1-3H3. The van der Waals surface area contributed by atoms with Crippen molar-refractivity contribution in [2.45, 2.75) is 26.9 Å². The molecular formula is C14H16F2O. The summed E-state index contributed by atoms with van der Waals surface area (Å²) in [5.41, 5.74) is -0.434. The van der Waals surface area contributed by atoms with Gasteiger partial charge < -0.3 is 4.74 Å². The Kier molecular flexibility index (Phi) is 4.25. The SMILES string of the molecule is CC(C)(C)C(F)(F)OCC#Cc1ccccc1. The maximum atomic E-state index is 13.4. The van der Waals surface area contributed by atoms with E-state index in [0.717, 1.165) is 5.56 Å². The van der Waals surface area contributed by atoms with Crippen LogP contribution in [0.5, 0.6) is 0 Å². The van der Waals surface area contributed by atoms with Gasteiger partial charge in [0.15, 0.2) is 0 Å². The summed E-state index contributed by atoms with van der Waals surface area (Å²) >= 11 is 0. The number of rotatable bonds is 2. The van der Waals surface area contributed by atoms with Gasteiger partial charge in [0.1, 0.15) is 6.61 Å². The van der Waals surface area contributed by atoms with E-state index < -0.39 is 11.5 Å². The van der Waals surface area contributed by atoms with E-state index in [1.165, 1.54) is 20.8 Å². The van der Waals surface area contributed by atoms with Crippen molar-refractivity contribution < 1.29 is 13.5 Å². The number of ether oxygens (including phenoxy) is 1. The van der Waals surface area contributed by atoms with Crippen LogP contribution in [0, 0.1) is 17.3 Å². The average molecular weight is 238 g/mol. The lowest BCUT2D eigenvalue weighted by molar-refractivity contribution is -0.288. The van der Waals surface area contributed by atoms with E-state index in [0.29, 0.717) is 0 Å². The highest BCUT2D eigenvalue weighted by Gasteiger charge is 2.44. The molecule has 0 unspecified atom stereocenters. The molecule has 0 fully saturated rings. The summed E-state index contributed by atoms with van der Waals surface area (Å²) in [6, 6.07) is 9.18. The summed E-state index contributed by atoms with van der Waals surface area (Å²) in [6.45, 7) is 4.01. The number of hydrogen-bond acceptors (Lipinski definition) is 1. The van der Waals surface area contributed by atoms with Gasteiger partial charge in [-0.3, -0.25) is 0 Å². The number of benzene rings is 1. The molecule has 0 bridgehead atoms. The van der Waals surface area contributed by atoms with E-state index in [2.05, 4.69) is 16.6 Å². The molecule has 1 nitrogen and oxygen atoms in total. The Hall–Kier alpha value is -1.40. The lowest BCUT2D eigenvalue weighted by atomic mass is 9.95. The third kappa shape index (κ3) is 4.16. The van der Waals surface area contributed by atoms with Crippen molar-refractivity contribution in [3.05, 3.63) is 35.9 Å². The van der Waals surface area contributed by atoms with Gasteiger partial charge in [0, 0.05) is 5.56 Å². The van der Waals surface area contributed by atoms with Gasteiger partial charge in [0.05, 0.1) is 5.41 Å². The van der Waals surface area contributed by atoms with E-state index in [9.17, 15) is 8.78 Å². The minimum Gasteiger partial charge on any atom is -0.307 e. The normalized spacial score (nSPS) is 11.8. The van der Waals surface area contributed by atoms with Gasteiger partial charge in [-0.2, -0.15) is 8.78 Å². The summed E-state index contributed by atoms with van der Waals surface area (Å²) < 4.78 is 31.2. The Bertz CT molecular complexity index is 407. The first-order chi connectivity index (χ1) is 7.83. The second kappa shape index (κ2) is 5.29. The molecule has 0 aliphatic heterocycles. The topological polar surface area (TPSA) is 9.23 Å². The molecule has 1 aromatic rings. The maximum Gasteiger partial charge on any atom is 0.361 e. The zero-order valence-electron chi connectivity index (χ0n) is 10.3. The van der Waals surface area contributed by atoms with Crippen molar-refractivity contribution in [3.63, 3.8) is 0 Å². The Morgan fingerprint density at radius 1 is 1.12 bits per heavy atom. The highest BCUT2D eigenvalue weighted by atomic mass is 19.3. The molecule has 0 N–H and O–H groups in total. The van der Waals surface area contributed by atoms with Crippen LogP contribution >= 0.6 is 0 Å². The number of halogens is 2. The molecule has 1 rings (SSSR count). The fraction of sp³-hybridized carbons (Fsp3) is 0.429. The molecule has 0 radical (unpaired) electrons. The van der Waals surface area contributed by atoms with Crippen molar-refractivity contribution in [1.29, 1.82) is 0 Å². The average Bonchev–Trinajstić information content (AvgIpc) is 2.24. The molecule has 1 aromatic carbocycles. The molecule has 3 heteroatoms. The van der Waals surface area contributed by atoms with Crippen LogP contribution in [0.25, 0.3) is 0 Å². The van der Waals surface area contributed by atoms with Crippen LogP contribution in [-0.4, -0.2) is 12.7 Å². The molecule has 0 aliphatic carbocycles. The summed E-state index contributed by atoms with van der Waals surface area (Å²) in [7, 11) is 0. The molecular weight excluding hydrogens is 222 g/mol. The van der Waals surface area contributed by atoms with Crippen molar-refractivity contribution in [3.8, 4) is 11.8 Å². The van der Waals surface area contributed by atoms with Crippen LogP contribution in [0.4, 0.5) is 8.78 Å². The minimum atomic E-state index is -3.17. The molecule has 0 saturated heterocycles. The maximum absolute atomic E-state index is 13.4. The Morgan fingerprint density at radius 3 is 2.24 bits per heavy atom. The molecule has 0 saturated carbocycles. The van der Waals surface area contributed by atoms with Crippen LogP contribution in [0.1, 0.15) is 26.3 Å². The summed E-state index contributed by atoms with van der Waals surface area (Å²) in [5, 5.41) is 0. The molecule has 92 valence electrons. The fourth-order valence-corrected chi connectivity index (χ4v) is 1.00. The smallest absolute Gasteiger partial charge is 0.307 e. The van der Waals surface area contributed by atoms with E-state index in [-0.39, 0.29) is 6.61 Å². The lowest BCUT2D eigenvalue weighted by Gasteiger charge is -2.28. The Balaban J connectivity index is 2.52. The van der Waals surface area contributed by atoms with Crippen molar-refractivity contribution in [1.82, 2.24) is 0 Å². The van der Waals surface area contributed by atoms with E-state index in [4.69, 9.17) is 0 Å². The van der Waals surface area contributed by atoms with Crippen LogP contribution < -0.4 is 0 Å². The monoisotopic (exact) mass is 238 g/mol. The predicted octanol–water partition coefficient (Wildman–Crippen LogP) is 3.69. The van der Waals surface area contributed by atoms with Crippen LogP contribution in [0.3, 0.4) is 0 Å². The molecule has 0 aromatic heterocycles. The largest absolute Gasteiger partial charge is 0.361 e. The lowest BCUT2D eigenvalue weighted by Crippen LogP contribution is -2.36. The zero-order chi connectivity index (χ0) is 12.9. The van der Waals surface area contributed by atoms with Gasteiger partial charge in [0.2, 0.25) is 0 Å². The zero-order valence-corrected chi connectivity index (χ0v) is 10.3. The summed E-state index contributed by atoms with van der Waals surface area (Å²) in [4.78, 5) is 0. The van der Waals surface area contributed by atoms with Gasteiger partial charge >= 0.3 is 6.11 Å². The van der Waals surface area contributed by atoms with Crippen LogP contribution in [0.15, 0.2) is 30.3 Å². The predicted molar refractivity (Wildman–Crippen MR) is 63.7 cm³/mol. The van der Waals surface area contributed by atoms with Crippen molar-refractivity contribution in [2.24, 2.45) is 5.41 Å². The molecule has 0 aliphatic rings. The van der Waals surface area contributed by atoms with Gasteiger partial charge in [-0.25, -0.2) is 0 Å². The molecule has 17 heavy (non-hydrogen) atoms. The molecule has 0 amide bonds. The Morgan fingerprint density at radius 2 is 1.71 bits per heavy atom. The number of hydrogen-bond donors (Lipinski definition) is 0.